The smallest absolute Gasteiger partial charge is 0.314 e. The second-order valence-corrected chi connectivity index (χ2v) is 7.32. The highest BCUT2D eigenvalue weighted by Crippen LogP contribution is 2.28. The molecule has 0 radical (unpaired) electrons. The average Bonchev–Trinajstić information content (AvgIpc) is 2.79. The van der Waals surface area contributed by atoms with E-state index in [1.165, 1.54) is 6.20 Å². The predicted molar refractivity (Wildman–Crippen MR) is 124 cm³/mol. The van der Waals surface area contributed by atoms with Gasteiger partial charge < -0.3 is 16.4 Å². The van der Waals surface area contributed by atoms with Gasteiger partial charge in [-0.3, -0.25) is 14.6 Å². The van der Waals surface area contributed by atoms with Gasteiger partial charge in [0.1, 0.15) is 11.6 Å². The van der Waals surface area contributed by atoms with E-state index < -0.39 is 11.8 Å². The van der Waals surface area contributed by atoms with E-state index in [-0.39, 0.29) is 5.82 Å². The van der Waals surface area contributed by atoms with Crippen LogP contribution in [0.15, 0.2) is 67.1 Å². The van der Waals surface area contributed by atoms with Crippen molar-refractivity contribution in [1.82, 2.24) is 20.3 Å². The predicted octanol–water partition coefficient (Wildman–Crippen LogP) is 2.88. The molecule has 4 N–H and O–H groups in total. The minimum atomic E-state index is -0.782. The summed E-state index contributed by atoms with van der Waals surface area (Å²) in [6, 6.07) is 15.1. The van der Waals surface area contributed by atoms with Gasteiger partial charge in [-0.1, -0.05) is 30.3 Å². The highest BCUT2D eigenvalue weighted by atomic mass is 16.2. The largest absolute Gasteiger partial charge is 0.383 e. The molecular formula is C24H22N6O2. The van der Waals surface area contributed by atoms with Gasteiger partial charge in [0.05, 0.1) is 5.69 Å². The Morgan fingerprint density at radius 2 is 1.84 bits per heavy atom. The average molecular weight is 426 g/mol. The molecular weight excluding hydrogens is 404 g/mol. The highest BCUT2D eigenvalue weighted by Gasteiger charge is 2.15. The Morgan fingerprint density at radius 1 is 1.03 bits per heavy atom. The van der Waals surface area contributed by atoms with E-state index in [0.717, 1.165) is 22.1 Å². The first kappa shape index (κ1) is 20.9. The van der Waals surface area contributed by atoms with Crippen molar-refractivity contribution in [3.63, 3.8) is 0 Å². The topological polar surface area (TPSA) is 123 Å². The summed E-state index contributed by atoms with van der Waals surface area (Å²) in [6.07, 6.45) is 5.61. The zero-order valence-corrected chi connectivity index (χ0v) is 17.5. The number of aryl methyl sites for hydroxylation is 1. The van der Waals surface area contributed by atoms with E-state index >= 15 is 0 Å². The van der Waals surface area contributed by atoms with Crippen LogP contribution < -0.4 is 16.4 Å². The van der Waals surface area contributed by atoms with Crippen molar-refractivity contribution < 1.29 is 9.59 Å². The summed E-state index contributed by atoms with van der Waals surface area (Å²) < 4.78 is 0. The molecule has 0 aliphatic rings. The Hall–Kier alpha value is -4.33. The lowest BCUT2D eigenvalue weighted by molar-refractivity contribution is -0.136. The Labute approximate surface area is 184 Å². The number of hydrogen-bond acceptors (Lipinski definition) is 6. The van der Waals surface area contributed by atoms with Crippen LogP contribution in [0.5, 0.6) is 0 Å². The van der Waals surface area contributed by atoms with Crippen LogP contribution in [0.4, 0.5) is 11.6 Å². The van der Waals surface area contributed by atoms with Crippen LogP contribution in [0.1, 0.15) is 11.1 Å². The fourth-order valence-electron chi connectivity index (χ4n) is 3.33. The number of nitrogens with one attached hydrogen (secondary N) is 2. The molecule has 4 aromatic rings. The molecule has 0 spiro atoms. The molecule has 4 rings (SSSR count). The van der Waals surface area contributed by atoms with E-state index in [0.29, 0.717) is 29.9 Å². The molecule has 3 heterocycles. The fraction of sp³-hybridized carbons (Fsp3) is 0.125. The van der Waals surface area contributed by atoms with Crippen LogP contribution in [0.3, 0.4) is 0 Å². The lowest BCUT2D eigenvalue weighted by atomic mass is 10.1. The van der Waals surface area contributed by atoms with Gasteiger partial charge in [-0.25, -0.2) is 9.97 Å². The quantitative estimate of drug-likeness (QED) is 0.422. The second kappa shape index (κ2) is 9.22. The molecule has 3 aromatic heterocycles. The van der Waals surface area contributed by atoms with Gasteiger partial charge in [-0.05, 0) is 48.1 Å². The second-order valence-electron chi connectivity index (χ2n) is 7.32. The number of hydrogen-bond donors (Lipinski definition) is 3. The third kappa shape index (κ3) is 4.70. The number of nitrogen functional groups attached to an aromatic ring is 1. The number of carbonyl (C=O) groups is 2. The lowest BCUT2D eigenvalue weighted by Gasteiger charge is -2.10. The maximum atomic E-state index is 12.3. The molecule has 0 aliphatic carbocycles. The molecule has 0 atom stereocenters. The number of pyridine rings is 3. The molecule has 0 saturated carbocycles. The minimum Gasteiger partial charge on any atom is -0.383 e. The van der Waals surface area contributed by atoms with Crippen molar-refractivity contribution in [1.29, 1.82) is 0 Å². The number of rotatable bonds is 5. The number of nitrogens with zero attached hydrogens (tertiary/aromatic N) is 3. The molecule has 0 unspecified atom stereocenters. The summed E-state index contributed by atoms with van der Waals surface area (Å²) >= 11 is 0. The van der Waals surface area contributed by atoms with Crippen LogP contribution in [0.25, 0.3) is 22.0 Å². The van der Waals surface area contributed by atoms with Crippen molar-refractivity contribution in [3.05, 3.63) is 78.2 Å². The fourth-order valence-corrected chi connectivity index (χ4v) is 3.33. The lowest BCUT2D eigenvalue weighted by Crippen LogP contribution is -2.36. The normalized spacial score (nSPS) is 10.7. The molecule has 0 fully saturated rings. The Kier molecular flexibility index (Phi) is 6.03. The summed E-state index contributed by atoms with van der Waals surface area (Å²) in [6.45, 7) is 2.32. The Bertz CT molecular complexity index is 1290. The number of benzene rings is 1. The Balaban J connectivity index is 1.47. The zero-order chi connectivity index (χ0) is 22.5. The molecule has 160 valence electrons. The molecule has 0 bridgehead atoms. The number of carbonyl (C=O) groups excluding carboxylic acids is 2. The van der Waals surface area contributed by atoms with Crippen LogP contribution in [0, 0.1) is 6.92 Å². The standard InChI is InChI=1S/C24H22N6O2/c1-15-7-9-26-13-18(15)20-11-17-12-21(28-14-19(17)22(25)29-20)30-24(32)23(31)27-10-8-16-5-3-2-4-6-16/h2-7,9,11-14H,8,10H2,1H3,(H2,25,29)(H,27,31)(H,28,30,32). The molecule has 32 heavy (non-hydrogen) atoms. The molecule has 1 aromatic carbocycles. The first-order valence-corrected chi connectivity index (χ1v) is 10.1. The van der Waals surface area contributed by atoms with Crippen LogP contribution in [-0.4, -0.2) is 33.3 Å². The van der Waals surface area contributed by atoms with Crippen molar-refractivity contribution in [2.24, 2.45) is 0 Å². The van der Waals surface area contributed by atoms with E-state index in [1.54, 1.807) is 18.5 Å². The molecule has 0 saturated heterocycles. The van der Waals surface area contributed by atoms with Gasteiger partial charge in [0, 0.05) is 36.1 Å². The van der Waals surface area contributed by atoms with Crippen molar-refractivity contribution in [3.8, 4) is 11.3 Å². The van der Waals surface area contributed by atoms with Crippen LogP contribution in [-0.2, 0) is 16.0 Å². The Morgan fingerprint density at radius 3 is 2.62 bits per heavy atom. The maximum absolute atomic E-state index is 12.3. The third-order valence-electron chi connectivity index (χ3n) is 5.05. The van der Waals surface area contributed by atoms with E-state index in [9.17, 15) is 9.59 Å². The number of aromatic nitrogens is 3. The molecule has 0 aliphatic heterocycles. The summed E-state index contributed by atoms with van der Waals surface area (Å²) in [7, 11) is 0. The van der Waals surface area contributed by atoms with Gasteiger partial charge in [-0.2, -0.15) is 0 Å². The van der Waals surface area contributed by atoms with Crippen LogP contribution >= 0.6 is 0 Å². The minimum absolute atomic E-state index is 0.250. The van der Waals surface area contributed by atoms with Gasteiger partial charge in [0.2, 0.25) is 0 Å². The summed E-state index contributed by atoms with van der Waals surface area (Å²) in [4.78, 5) is 37.2. The maximum Gasteiger partial charge on any atom is 0.314 e. The number of nitrogens with two attached hydrogens (primary N) is 1. The summed E-state index contributed by atoms with van der Waals surface area (Å²) in [5.74, 6) is -0.927. The van der Waals surface area contributed by atoms with Crippen molar-refractivity contribution in [2.75, 3.05) is 17.6 Å². The van der Waals surface area contributed by atoms with Crippen molar-refractivity contribution in [2.45, 2.75) is 13.3 Å². The third-order valence-corrected chi connectivity index (χ3v) is 5.05. The monoisotopic (exact) mass is 426 g/mol. The molecule has 8 nitrogen and oxygen atoms in total. The van der Waals surface area contributed by atoms with E-state index in [2.05, 4.69) is 25.6 Å². The first-order valence-electron chi connectivity index (χ1n) is 10.1. The van der Waals surface area contributed by atoms with Gasteiger partial charge in [-0.15, -0.1) is 0 Å². The SMILES string of the molecule is Cc1ccncc1-c1cc2cc(NC(=O)C(=O)NCCc3ccccc3)ncc2c(N)n1. The van der Waals surface area contributed by atoms with Gasteiger partial charge >= 0.3 is 11.8 Å². The summed E-state index contributed by atoms with van der Waals surface area (Å²) in [5.41, 5.74) is 9.75. The highest BCUT2D eigenvalue weighted by molar-refractivity contribution is 6.39. The first-order chi connectivity index (χ1) is 15.5. The van der Waals surface area contributed by atoms with Crippen molar-refractivity contribution >= 4 is 34.2 Å². The van der Waals surface area contributed by atoms with E-state index in [4.69, 9.17) is 5.73 Å². The molecule has 8 heteroatoms. The molecule has 2 amide bonds. The van der Waals surface area contributed by atoms with Gasteiger partial charge in [0.15, 0.2) is 0 Å². The number of amides is 2. The number of fused-ring (bicyclic) bond motifs is 1. The number of anilines is 2. The summed E-state index contributed by atoms with van der Waals surface area (Å²) in [5, 5.41) is 6.55. The van der Waals surface area contributed by atoms with Gasteiger partial charge in [0.25, 0.3) is 0 Å². The zero-order valence-electron chi connectivity index (χ0n) is 17.5. The van der Waals surface area contributed by atoms with E-state index in [1.807, 2.05) is 49.4 Å². The van der Waals surface area contributed by atoms with Crippen LogP contribution in [0.2, 0.25) is 0 Å².